The van der Waals surface area contributed by atoms with Crippen LogP contribution in [-0.2, 0) is 19.9 Å². The number of esters is 1. The van der Waals surface area contributed by atoms with Gasteiger partial charge in [0.25, 0.3) is 5.91 Å². The predicted molar refractivity (Wildman–Crippen MR) is 93.0 cm³/mol. The van der Waals surface area contributed by atoms with Crippen molar-refractivity contribution in [2.75, 3.05) is 11.9 Å². The van der Waals surface area contributed by atoms with Gasteiger partial charge in [-0.15, -0.1) is 0 Å². The molecule has 0 saturated carbocycles. The van der Waals surface area contributed by atoms with E-state index in [2.05, 4.69) is 15.8 Å². The lowest BCUT2D eigenvalue weighted by atomic mass is 9.76. The number of para-hydroxylation sites is 1. The number of ether oxygens (including phenoxy) is 1. The molecular formula is C19H17N3O3. The van der Waals surface area contributed by atoms with Crippen LogP contribution in [0.15, 0.2) is 59.7 Å². The first kappa shape index (κ1) is 15.4. The average Bonchev–Trinajstić information content (AvgIpc) is 3.16. The number of fused-ring (bicyclic) bond motifs is 2. The van der Waals surface area contributed by atoms with Crippen molar-refractivity contribution in [3.63, 3.8) is 0 Å². The maximum absolute atomic E-state index is 12.9. The van der Waals surface area contributed by atoms with Gasteiger partial charge >= 0.3 is 5.97 Å². The third-order valence-electron chi connectivity index (χ3n) is 4.61. The van der Waals surface area contributed by atoms with Gasteiger partial charge in [0.15, 0.2) is 5.54 Å². The molecule has 2 aromatic carbocycles. The molecule has 4 rings (SSSR count). The van der Waals surface area contributed by atoms with Crippen LogP contribution in [0.4, 0.5) is 5.69 Å². The van der Waals surface area contributed by atoms with Crippen LogP contribution >= 0.6 is 0 Å². The van der Waals surface area contributed by atoms with Crippen LogP contribution in [-0.4, -0.2) is 24.2 Å². The third-order valence-corrected chi connectivity index (χ3v) is 4.61. The molecule has 2 heterocycles. The molecule has 0 bridgehead atoms. The molecule has 0 saturated heterocycles. The Labute approximate surface area is 144 Å². The normalized spacial score (nSPS) is 23.6. The number of rotatable bonds is 3. The van der Waals surface area contributed by atoms with Gasteiger partial charge in [-0.25, -0.2) is 0 Å². The quantitative estimate of drug-likeness (QED) is 0.841. The van der Waals surface area contributed by atoms with Crippen molar-refractivity contribution in [2.24, 2.45) is 11.0 Å². The second-order valence-corrected chi connectivity index (χ2v) is 5.97. The highest BCUT2D eigenvalue weighted by molar-refractivity contribution is 6.21. The number of hydrogen-bond acceptors (Lipinski definition) is 5. The van der Waals surface area contributed by atoms with E-state index in [1.54, 1.807) is 6.92 Å². The van der Waals surface area contributed by atoms with Crippen molar-refractivity contribution in [1.82, 2.24) is 5.43 Å². The number of hydrogen-bond donors (Lipinski definition) is 2. The Kier molecular flexibility index (Phi) is 3.53. The zero-order valence-electron chi connectivity index (χ0n) is 13.7. The van der Waals surface area contributed by atoms with Crippen molar-refractivity contribution < 1.29 is 14.3 Å². The highest BCUT2D eigenvalue weighted by Crippen LogP contribution is 2.45. The summed E-state index contributed by atoms with van der Waals surface area (Å²) in [5.74, 6) is -1.64. The molecule has 0 aromatic heterocycles. The second kappa shape index (κ2) is 5.73. The van der Waals surface area contributed by atoms with Crippen molar-refractivity contribution in [2.45, 2.75) is 12.5 Å². The number of carbonyl (C=O) groups excluding carboxylic acids is 2. The van der Waals surface area contributed by atoms with E-state index < -0.39 is 17.4 Å². The van der Waals surface area contributed by atoms with Crippen molar-refractivity contribution >= 4 is 23.3 Å². The lowest BCUT2D eigenvalue weighted by Gasteiger charge is -2.28. The van der Waals surface area contributed by atoms with Gasteiger partial charge < -0.3 is 10.1 Å². The number of carbonyl (C=O) groups is 2. The molecule has 126 valence electrons. The number of anilines is 1. The minimum atomic E-state index is -1.28. The van der Waals surface area contributed by atoms with Gasteiger partial charge in [-0.1, -0.05) is 48.5 Å². The number of nitrogens with zero attached hydrogens (tertiary/aromatic N) is 1. The largest absolute Gasteiger partial charge is 0.465 e. The third kappa shape index (κ3) is 2.14. The number of benzene rings is 2. The summed E-state index contributed by atoms with van der Waals surface area (Å²) >= 11 is 0. The maximum Gasteiger partial charge on any atom is 0.318 e. The first-order chi connectivity index (χ1) is 12.2. The van der Waals surface area contributed by atoms with Crippen LogP contribution < -0.4 is 10.7 Å². The van der Waals surface area contributed by atoms with Crippen LogP contribution in [0.3, 0.4) is 0 Å². The molecule has 2 N–H and O–H groups in total. The van der Waals surface area contributed by atoms with Crippen molar-refractivity contribution in [1.29, 1.82) is 0 Å². The van der Waals surface area contributed by atoms with Crippen LogP contribution in [0.1, 0.15) is 18.1 Å². The standard InChI is InChI=1S/C19H17N3O3/c1-2-25-17(23)15-16(12-8-4-3-5-9-12)21-22-19(15)13-10-6-7-11-14(13)20-18(19)24/h3-11,15,22H,2H2,1H3,(H,20,24)/t15-,19?/m1/s1. The van der Waals surface area contributed by atoms with Gasteiger partial charge in [0.2, 0.25) is 0 Å². The summed E-state index contributed by atoms with van der Waals surface area (Å²) in [5.41, 5.74) is 4.33. The van der Waals surface area contributed by atoms with Gasteiger partial charge in [-0.2, -0.15) is 5.10 Å². The van der Waals surface area contributed by atoms with E-state index in [4.69, 9.17) is 4.74 Å². The topological polar surface area (TPSA) is 79.8 Å². The molecule has 2 aromatic rings. The first-order valence-electron chi connectivity index (χ1n) is 8.16. The monoisotopic (exact) mass is 335 g/mol. The Balaban J connectivity index is 1.87. The summed E-state index contributed by atoms with van der Waals surface area (Å²) in [6, 6.07) is 16.7. The molecule has 25 heavy (non-hydrogen) atoms. The SMILES string of the molecule is CCOC(=O)[C@H]1C(c2ccccc2)=NNC12C(=O)Nc1ccccc12. The summed E-state index contributed by atoms with van der Waals surface area (Å²) in [7, 11) is 0. The van der Waals surface area contributed by atoms with E-state index in [0.29, 0.717) is 17.0 Å². The van der Waals surface area contributed by atoms with Crippen LogP contribution in [0.5, 0.6) is 0 Å². The molecule has 0 radical (unpaired) electrons. The highest BCUT2D eigenvalue weighted by atomic mass is 16.5. The summed E-state index contributed by atoms with van der Waals surface area (Å²) in [5, 5.41) is 7.23. The van der Waals surface area contributed by atoms with Crippen LogP contribution in [0.25, 0.3) is 0 Å². The molecule has 6 nitrogen and oxygen atoms in total. The second-order valence-electron chi connectivity index (χ2n) is 5.97. The van der Waals surface area contributed by atoms with Crippen LogP contribution in [0.2, 0.25) is 0 Å². The molecule has 1 amide bonds. The van der Waals surface area contributed by atoms with E-state index in [1.165, 1.54) is 0 Å². The molecule has 1 spiro atoms. The smallest absolute Gasteiger partial charge is 0.318 e. The fourth-order valence-electron chi connectivity index (χ4n) is 3.51. The Bertz CT molecular complexity index is 878. The van der Waals surface area contributed by atoms with Crippen molar-refractivity contribution in [3.8, 4) is 0 Å². The molecule has 6 heteroatoms. The summed E-state index contributed by atoms with van der Waals surface area (Å²) < 4.78 is 5.29. The number of nitrogens with one attached hydrogen (secondary N) is 2. The lowest BCUT2D eigenvalue weighted by molar-refractivity contribution is -0.149. The van der Waals surface area contributed by atoms with E-state index in [0.717, 1.165) is 5.56 Å². The number of amides is 1. The number of hydrazone groups is 1. The van der Waals surface area contributed by atoms with Crippen LogP contribution in [0, 0.1) is 5.92 Å². The van der Waals surface area contributed by atoms with E-state index in [-0.39, 0.29) is 12.5 Å². The summed E-state index contributed by atoms with van der Waals surface area (Å²) in [6.07, 6.45) is 0. The maximum atomic E-state index is 12.9. The molecule has 1 unspecified atom stereocenters. The molecular weight excluding hydrogens is 318 g/mol. The Morgan fingerprint density at radius 3 is 2.64 bits per heavy atom. The average molecular weight is 335 g/mol. The zero-order chi connectivity index (χ0) is 17.4. The van der Waals surface area contributed by atoms with Gasteiger partial charge in [0.05, 0.1) is 12.3 Å². The predicted octanol–water partition coefficient (Wildman–Crippen LogP) is 2.02. The fourth-order valence-corrected chi connectivity index (χ4v) is 3.51. The van der Waals surface area contributed by atoms with Gasteiger partial charge in [-0.3, -0.25) is 15.0 Å². The Hall–Kier alpha value is -3.15. The molecule has 0 fully saturated rings. The van der Waals surface area contributed by atoms with Gasteiger partial charge in [-0.05, 0) is 18.6 Å². The molecule has 0 aliphatic carbocycles. The van der Waals surface area contributed by atoms with Gasteiger partial charge in [0.1, 0.15) is 5.92 Å². The minimum absolute atomic E-state index is 0.233. The molecule has 2 aliphatic heterocycles. The summed E-state index contributed by atoms with van der Waals surface area (Å²) in [6.45, 7) is 1.98. The molecule has 2 aliphatic rings. The molecule has 2 atom stereocenters. The van der Waals surface area contributed by atoms with Crippen molar-refractivity contribution in [3.05, 3.63) is 65.7 Å². The van der Waals surface area contributed by atoms with E-state index >= 15 is 0 Å². The Morgan fingerprint density at radius 2 is 1.88 bits per heavy atom. The Morgan fingerprint density at radius 1 is 1.16 bits per heavy atom. The van der Waals surface area contributed by atoms with E-state index in [1.807, 2.05) is 54.6 Å². The minimum Gasteiger partial charge on any atom is -0.465 e. The van der Waals surface area contributed by atoms with E-state index in [9.17, 15) is 9.59 Å². The fraction of sp³-hybridized carbons (Fsp3) is 0.211. The highest BCUT2D eigenvalue weighted by Gasteiger charge is 2.61. The lowest BCUT2D eigenvalue weighted by Crippen LogP contribution is -2.52. The first-order valence-corrected chi connectivity index (χ1v) is 8.16. The van der Waals surface area contributed by atoms with Gasteiger partial charge in [0, 0.05) is 11.3 Å². The zero-order valence-corrected chi connectivity index (χ0v) is 13.7. The summed E-state index contributed by atoms with van der Waals surface area (Å²) in [4.78, 5) is 25.7.